The molecule has 88 valence electrons. The number of carbonyl (C=O) groups is 1. The first-order valence-electron chi connectivity index (χ1n) is 4.95. The van der Waals surface area contributed by atoms with Crippen LogP contribution in [0.5, 0.6) is 5.75 Å². The normalized spacial score (nSPS) is 12.2. The lowest BCUT2D eigenvalue weighted by molar-refractivity contribution is -0.122. The minimum atomic E-state index is -0.486. The van der Waals surface area contributed by atoms with Crippen LogP contribution in [0.25, 0.3) is 0 Å². The van der Waals surface area contributed by atoms with E-state index in [9.17, 15) is 9.18 Å². The largest absolute Gasteiger partial charge is 0.490 e. The first-order valence-corrected chi connectivity index (χ1v) is 4.95. The Bertz CT molecular complexity index is 382. The highest BCUT2D eigenvalue weighted by Gasteiger charge is 2.11. The van der Waals surface area contributed by atoms with Crippen molar-refractivity contribution in [3.63, 3.8) is 0 Å². The fraction of sp³-hybridized carbons (Fsp3) is 0.364. The maximum absolute atomic E-state index is 13.4. The predicted octanol–water partition coefficient (Wildman–Crippen LogP) is 0.785. The van der Waals surface area contributed by atoms with Gasteiger partial charge in [-0.05, 0) is 17.7 Å². The Labute approximate surface area is 93.4 Å². The molecule has 0 radical (unpaired) electrons. The summed E-state index contributed by atoms with van der Waals surface area (Å²) in [6.07, 6.45) is 0. The molecule has 0 bridgehead atoms. The van der Waals surface area contributed by atoms with Crippen molar-refractivity contribution in [2.45, 2.75) is 13.5 Å². The van der Waals surface area contributed by atoms with Crippen LogP contribution in [0.2, 0.25) is 0 Å². The SMILES string of the molecule is CC(COc1ccc(CN)cc1F)C(N)=O. The van der Waals surface area contributed by atoms with Crippen molar-refractivity contribution in [1.82, 2.24) is 0 Å². The third kappa shape index (κ3) is 3.20. The standard InChI is InChI=1S/C11H15FN2O2/c1-7(11(14)15)6-16-10-3-2-8(5-13)4-9(10)12/h2-4,7H,5-6,13H2,1H3,(H2,14,15). The van der Waals surface area contributed by atoms with Crippen LogP contribution in [0.1, 0.15) is 12.5 Å². The molecule has 1 aromatic carbocycles. The Morgan fingerprint density at radius 3 is 2.75 bits per heavy atom. The second-order valence-electron chi connectivity index (χ2n) is 3.58. The Hall–Kier alpha value is -1.62. The van der Waals surface area contributed by atoms with Crippen molar-refractivity contribution in [2.75, 3.05) is 6.61 Å². The maximum atomic E-state index is 13.4. The Morgan fingerprint density at radius 2 is 2.25 bits per heavy atom. The van der Waals surface area contributed by atoms with E-state index in [1.54, 1.807) is 13.0 Å². The topological polar surface area (TPSA) is 78.3 Å². The second kappa shape index (κ2) is 5.46. The monoisotopic (exact) mass is 226 g/mol. The van der Waals surface area contributed by atoms with Gasteiger partial charge >= 0.3 is 0 Å². The number of ether oxygens (including phenoxy) is 1. The molecule has 0 aliphatic rings. The van der Waals surface area contributed by atoms with Crippen molar-refractivity contribution >= 4 is 5.91 Å². The van der Waals surface area contributed by atoms with Gasteiger partial charge in [-0.2, -0.15) is 0 Å². The molecular weight excluding hydrogens is 211 g/mol. The highest BCUT2D eigenvalue weighted by molar-refractivity contribution is 5.76. The molecule has 5 heteroatoms. The van der Waals surface area contributed by atoms with E-state index in [4.69, 9.17) is 16.2 Å². The van der Waals surface area contributed by atoms with E-state index in [0.29, 0.717) is 5.56 Å². The lowest BCUT2D eigenvalue weighted by Crippen LogP contribution is -2.25. The van der Waals surface area contributed by atoms with Crippen molar-refractivity contribution in [2.24, 2.45) is 17.4 Å². The Morgan fingerprint density at radius 1 is 1.56 bits per heavy atom. The van der Waals surface area contributed by atoms with E-state index >= 15 is 0 Å². The molecule has 0 saturated carbocycles. The van der Waals surface area contributed by atoms with Gasteiger partial charge in [0.25, 0.3) is 0 Å². The fourth-order valence-corrected chi connectivity index (χ4v) is 1.09. The van der Waals surface area contributed by atoms with E-state index in [-0.39, 0.29) is 18.9 Å². The molecule has 0 aromatic heterocycles. The van der Waals surface area contributed by atoms with Crippen molar-refractivity contribution < 1.29 is 13.9 Å². The highest BCUT2D eigenvalue weighted by atomic mass is 19.1. The fourth-order valence-electron chi connectivity index (χ4n) is 1.09. The summed E-state index contributed by atoms with van der Waals surface area (Å²) in [5.41, 5.74) is 11.1. The molecule has 0 fully saturated rings. The van der Waals surface area contributed by atoms with Crippen LogP contribution in [0.15, 0.2) is 18.2 Å². The van der Waals surface area contributed by atoms with Crippen LogP contribution in [0.3, 0.4) is 0 Å². The second-order valence-corrected chi connectivity index (χ2v) is 3.58. The van der Waals surface area contributed by atoms with Crippen molar-refractivity contribution in [1.29, 1.82) is 0 Å². The first kappa shape index (κ1) is 12.4. The lowest BCUT2D eigenvalue weighted by atomic mass is 10.2. The molecule has 4 N–H and O–H groups in total. The Balaban J connectivity index is 2.64. The molecular formula is C11H15FN2O2. The van der Waals surface area contributed by atoms with Gasteiger partial charge in [-0.25, -0.2) is 4.39 Å². The van der Waals surface area contributed by atoms with Gasteiger partial charge in [-0.15, -0.1) is 0 Å². The number of nitrogens with two attached hydrogens (primary N) is 2. The number of carbonyl (C=O) groups excluding carboxylic acids is 1. The van der Waals surface area contributed by atoms with E-state index in [0.717, 1.165) is 0 Å². The number of rotatable bonds is 5. The number of halogens is 1. The van der Waals surface area contributed by atoms with Gasteiger partial charge in [-0.1, -0.05) is 13.0 Å². The summed E-state index contributed by atoms with van der Waals surface area (Å²) >= 11 is 0. The highest BCUT2D eigenvalue weighted by Crippen LogP contribution is 2.18. The molecule has 4 nitrogen and oxygen atoms in total. The zero-order chi connectivity index (χ0) is 12.1. The lowest BCUT2D eigenvalue weighted by Gasteiger charge is -2.11. The third-order valence-corrected chi connectivity index (χ3v) is 2.21. The maximum Gasteiger partial charge on any atom is 0.223 e. The molecule has 1 amide bonds. The molecule has 1 unspecified atom stereocenters. The van der Waals surface area contributed by atoms with Crippen LogP contribution in [0, 0.1) is 11.7 Å². The van der Waals surface area contributed by atoms with Gasteiger partial charge in [0.15, 0.2) is 11.6 Å². The van der Waals surface area contributed by atoms with Gasteiger partial charge < -0.3 is 16.2 Å². The predicted molar refractivity (Wildman–Crippen MR) is 58.1 cm³/mol. The summed E-state index contributed by atoms with van der Waals surface area (Å²) < 4.78 is 18.5. The van der Waals surface area contributed by atoms with Gasteiger partial charge in [0.2, 0.25) is 5.91 Å². The quantitative estimate of drug-likeness (QED) is 0.778. The van der Waals surface area contributed by atoms with Gasteiger partial charge in [-0.3, -0.25) is 4.79 Å². The summed E-state index contributed by atoms with van der Waals surface area (Å²) in [5.74, 6) is -1.31. The molecule has 0 saturated heterocycles. The molecule has 0 heterocycles. The summed E-state index contributed by atoms with van der Waals surface area (Å²) in [6.45, 7) is 1.96. The summed E-state index contributed by atoms with van der Waals surface area (Å²) in [7, 11) is 0. The molecule has 1 aromatic rings. The average molecular weight is 226 g/mol. The van der Waals surface area contributed by atoms with Crippen molar-refractivity contribution in [3.8, 4) is 5.75 Å². The summed E-state index contributed by atoms with van der Waals surface area (Å²) in [5, 5.41) is 0. The molecule has 1 atom stereocenters. The minimum Gasteiger partial charge on any atom is -0.490 e. The molecule has 1 rings (SSSR count). The van der Waals surface area contributed by atoms with Crippen LogP contribution in [-0.4, -0.2) is 12.5 Å². The first-order chi connectivity index (χ1) is 7.54. The third-order valence-electron chi connectivity index (χ3n) is 2.21. The molecule has 0 aliphatic heterocycles. The zero-order valence-corrected chi connectivity index (χ0v) is 9.07. The van der Waals surface area contributed by atoms with Gasteiger partial charge in [0, 0.05) is 6.54 Å². The summed E-state index contributed by atoms with van der Waals surface area (Å²) in [6, 6.07) is 4.48. The number of hydrogen-bond acceptors (Lipinski definition) is 3. The van der Waals surface area contributed by atoms with Crippen molar-refractivity contribution in [3.05, 3.63) is 29.6 Å². The van der Waals surface area contributed by atoms with E-state index < -0.39 is 17.6 Å². The smallest absolute Gasteiger partial charge is 0.223 e. The van der Waals surface area contributed by atoms with E-state index in [1.165, 1.54) is 12.1 Å². The zero-order valence-electron chi connectivity index (χ0n) is 9.07. The van der Waals surface area contributed by atoms with Crippen LogP contribution < -0.4 is 16.2 Å². The van der Waals surface area contributed by atoms with Crippen LogP contribution >= 0.6 is 0 Å². The van der Waals surface area contributed by atoms with E-state index in [1.807, 2.05) is 0 Å². The molecule has 0 aliphatic carbocycles. The minimum absolute atomic E-state index is 0.0637. The van der Waals surface area contributed by atoms with Crippen LogP contribution in [-0.2, 0) is 11.3 Å². The number of hydrogen-bond donors (Lipinski definition) is 2. The molecule has 16 heavy (non-hydrogen) atoms. The summed E-state index contributed by atoms with van der Waals surface area (Å²) in [4.78, 5) is 10.7. The average Bonchev–Trinajstić information content (AvgIpc) is 2.26. The number of primary amides is 1. The van der Waals surface area contributed by atoms with Gasteiger partial charge in [0.05, 0.1) is 12.5 Å². The number of benzene rings is 1. The van der Waals surface area contributed by atoms with Gasteiger partial charge in [0.1, 0.15) is 0 Å². The number of amides is 1. The van der Waals surface area contributed by atoms with Crippen LogP contribution in [0.4, 0.5) is 4.39 Å². The Kier molecular flexibility index (Phi) is 4.25. The van der Waals surface area contributed by atoms with E-state index in [2.05, 4.69) is 0 Å². The molecule has 0 spiro atoms.